The van der Waals surface area contributed by atoms with Gasteiger partial charge in [-0.25, -0.2) is 4.98 Å². The second kappa shape index (κ2) is 5.37. The monoisotopic (exact) mass is 262 g/mol. The van der Waals surface area contributed by atoms with E-state index in [-0.39, 0.29) is 0 Å². The molecule has 1 N–H and O–H groups in total. The van der Waals surface area contributed by atoms with Gasteiger partial charge in [-0.15, -0.1) is 11.3 Å². The third-order valence-electron chi connectivity index (χ3n) is 2.73. The van der Waals surface area contributed by atoms with Crippen LogP contribution < -0.4 is 14.8 Å². The predicted octanol–water partition coefficient (Wildman–Crippen LogP) is 2.20. The molecule has 0 spiro atoms. The third kappa shape index (κ3) is 2.63. The average Bonchev–Trinajstić information content (AvgIpc) is 2.92. The number of hydrogen-bond donors (Lipinski definition) is 1. The highest BCUT2D eigenvalue weighted by Crippen LogP contribution is 2.30. The smallest absolute Gasteiger partial charge is 0.161 e. The summed E-state index contributed by atoms with van der Waals surface area (Å²) < 4.78 is 11.0. The first-order valence-corrected chi connectivity index (χ1v) is 6.82. The first kappa shape index (κ1) is 11.5. The van der Waals surface area contributed by atoms with Crippen molar-refractivity contribution in [2.75, 3.05) is 13.2 Å². The van der Waals surface area contributed by atoms with Crippen LogP contribution in [0.1, 0.15) is 11.3 Å². The van der Waals surface area contributed by atoms with E-state index >= 15 is 0 Å². The van der Waals surface area contributed by atoms with E-state index in [0.717, 1.165) is 30.3 Å². The van der Waals surface area contributed by atoms with Crippen molar-refractivity contribution in [3.63, 3.8) is 0 Å². The predicted molar refractivity (Wildman–Crippen MR) is 70.1 cm³/mol. The highest BCUT2D eigenvalue weighted by atomic mass is 32.1. The largest absolute Gasteiger partial charge is 0.486 e. The molecule has 0 aliphatic carbocycles. The molecule has 0 radical (unpaired) electrons. The van der Waals surface area contributed by atoms with Crippen LogP contribution in [0.2, 0.25) is 0 Å². The Morgan fingerprint density at radius 2 is 2.06 bits per heavy atom. The molecule has 0 amide bonds. The molecule has 0 fully saturated rings. The normalized spacial score (nSPS) is 13.6. The Kier molecular flexibility index (Phi) is 3.43. The van der Waals surface area contributed by atoms with E-state index in [4.69, 9.17) is 9.47 Å². The van der Waals surface area contributed by atoms with E-state index in [9.17, 15) is 0 Å². The number of benzene rings is 1. The minimum absolute atomic E-state index is 0.628. The van der Waals surface area contributed by atoms with Gasteiger partial charge >= 0.3 is 0 Å². The zero-order chi connectivity index (χ0) is 12.2. The number of aromatic nitrogens is 1. The van der Waals surface area contributed by atoms with Crippen LogP contribution in [0, 0.1) is 0 Å². The summed E-state index contributed by atoms with van der Waals surface area (Å²) in [6, 6.07) is 6.05. The average molecular weight is 262 g/mol. The van der Waals surface area contributed by atoms with Crippen molar-refractivity contribution >= 4 is 11.3 Å². The minimum atomic E-state index is 0.628. The van der Waals surface area contributed by atoms with Crippen molar-refractivity contribution in [1.29, 1.82) is 0 Å². The summed E-state index contributed by atoms with van der Waals surface area (Å²) in [6.45, 7) is 2.85. The Balaban J connectivity index is 1.59. The number of thiazole rings is 1. The number of fused-ring (bicyclic) bond motifs is 1. The molecule has 0 unspecified atom stereocenters. The zero-order valence-electron chi connectivity index (χ0n) is 9.89. The molecular weight excluding hydrogens is 248 g/mol. The van der Waals surface area contributed by atoms with E-state index in [0.29, 0.717) is 13.2 Å². The Bertz CT molecular complexity index is 514. The first-order valence-electron chi connectivity index (χ1n) is 5.88. The minimum Gasteiger partial charge on any atom is -0.486 e. The molecule has 5 heteroatoms. The van der Waals surface area contributed by atoms with Gasteiger partial charge in [-0.3, -0.25) is 0 Å². The Labute approximate surface area is 110 Å². The Hall–Kier alpha value is -1.59. The molecule has 0 saturated carbocycles. The van der Waals surface area contributed by atoms with E-state index in [1.807, 2.05) is 17.6 Å². The summed E-state index contributed by atoms with van der Waals surface area (Å²) in [4.78, 5) is 4.23. The molecule has 4 nitrogen and oxygen atoms in total. The van der Waals surface area contributed by atoms with E-state index in [2.05, 4.69) is 21.7 Å². The Morgan fingerprint density at radius 1 is 1.17 bits per heavy atom. The van der Waals surface area contributed by atoms with Gasteiger partial charge in [0.1, 0.15) is 13.2 Å². The summed E-state index contributed by atoms with van der Waals surface area (Å²) in [5.41, 5.74) is 4.12. The lowest BCUT2D eigenvalue weighted by molar-refractivity contribution is 0.171. The van der Waals surface area contributed by atoms with Crippen LogP contribution >= 0.6 is 11.3 Å². The van der Waals surface area contributed by atoms with Crippen molar-refractivity contribution in [2.45, 2.75) is 13.1 Å². The maximum atomic E-state index is 5.55. The van der Waals surface area contributed by atoms with Gasteiger partial charge in [0.15, 0.2) is 11.5 Å². The van der Waals surface area contributed by atoms with E-state index < -0.39 is 0 Å². The molecule has 2 heterocycles. The number of nitrogens with zero attached hydrogens (tertiary/aromatic N) is 1. The molecule has 1 aliphatic rings. The molecule has 18 heavy (non-hydrogen) atoms. The molecule has 94 valence electrons. The van der Waals surface area contributed by atoms with Crippen LogP contribution in [-0.4, -0.2) is 18.2 Å². The second-order valence-corrected chi connectivity index (χ2v) is 4.78. The number of nitrogens with one attached hydrogen (secondary N) is 1. The molecule has 0 atom stereocenters. The molecule has 0 bridgehead atoms. The molecule has 1 aromatic heterocycles. The van der Waals surface area contributed by atoms with E-state index in [1.54, 1.807) is 11.3 Å². The van der Waals surface area contributed by atoms with E-state index in [1.165, 1.54) is 5.56 Å². The van der Waals surface area contributed by atoms with Crippen LogP contribution in [0.5, 0.6) is 11.5 Å². The van der Waals surface area contributed by atoms with Gasteiger partial charge < -0.3 is 14.8 Å². The lowest BCUT2D eigenvalue weighted by atomic mass is 10.2. The fourth-order valence-corrected chi connectivity index (χ4v) is 2.42. The van der Waals surface area contributed by atoms with Gasteiger partial charge in [-0.1, -0.05) is 6.07 Å². The third-order valence-corrected chi connectivity index (χ3v) is 3.36. The lowest BCUT2D eigenvalue weighted by Crippen LogP contribution is -2.16. The zero-order valence-corrected chi connectivity index (χ0v) is 10.7. The van der Waals surface area contributed by atoms with Crippen LogP contribution in [0.25, 0.3) is 0 Å². The van der Waals surface area contributed by atoms with Crippen molar-refractivity contribution in [1.82, 2.24) is 10.3 Å². The Morgan fingerprint density at radius 3 is 2.89 bits per heavy atom. The summed E-state index contributed by atoms with van der Waals surface area (Å²) in [5, 5.41) is 5.41. The van der Waals surface area contributed by atoms with Crippen molar-refractivity contribution in [3.8, 4) is 11.5 Å². The van der Waals surface area contributed by atoms with Crippen LogP contribution in [-0.2, 0) is 13.1 Å². The number of hydrogen-bond acceptors (Lipinski definition) is 5. The topological polar surface area (TPSA) is 43.4 Å². The summed E-state index contributed by atoms with van der Waals surface area (Å²) in [7, 11) is 0. The van der Waals surface area contributed by atoms with Crippen LogP contribution in [0.15, 0.2) is 29.1 Å². The fourth-order valence-electron chi connectivity index (χ4n) is 1.86. The molecule has 3 rings (SSSR count). The molecule has 0 saturated heterocycles. The van der Waals surface area contributed by atoms with Gasteiger partial charge in [0, 0.05) is 18.5 Å². The standard InChI is InChI=1S/C13H14N2O2S/c1-2-12-13(17-4-3-16-12)5-10(1)6-14-7-11-8-18-9-15-11/h1-2,5,8-9,14H,3-4,6-7H2. The lowest BCUT2D eigenvalue weighted by Gasteiger charge is -2.18. The van der Waals surface area contributed by atoms with Crippen molar-refractivity contribution in [3.05, 3.63) is 40.3 Å². The number of ether oxygens (including phenoxy) is 2. The molecular formula is C13H14N2O2S. The highest BCUT2D eigenvalue weighted by molar-refractivity contribution is 7.07. The maximum Gasteiger partial charge on any atom is 0.161 e. The number of rotatable bonds is 4. The van der Waals surface area contributed by atoms with Gasteiger partial charge in [0.05, 0.1) is 11.2 Å². The van der Waals surface area contributed by atoms with Gasteiger partial charge in [-0.2, -0.15) is 0 Å². The summed E-state index contributed by atoms with van der Waals surface area (Å²) in [6.07, 6.45) is 0. The maximum absolute atomic E-state index is 5.55. The van der Waals surface area contributed by atoms with Gasteiger partial charge in [0.2, 0.25) is 0 Å². The molecule has 1 aromatic carbocycles. The highest BCUT2D eigenvalue weighted by Gasteiger charge is 2.11. The SMILES string of the molecule is c1nc(CNCc2ccc3c(c2)OCCO3)cs1. The van der Waals surface area contributed by atoms with Crippen LogP contribution in [0.4, 0.5) is 0 Å². The summed E-state index contributed by atoms with van der Waals surface area (Å²) in [5.74, 6) is 1.68. The van der Waals surface area contributed by atoms with Gasteiger partial charge in [-0.05, 0) is 17.7 Å². The fraction of sp³-hybridized carbons (Fsp3) is 0.308. The second-order valence-electron chi connectivity index (χ2n) is 4.06. The summed E-state index contributed by atoms with van der Waals surface area (Å²) >= 11 is 1.62. The molecule has 1 aliphatic heterocycles. The van der Waals surface area contributed by atoms with Crippen molar-refractivity contribution < 1.29 is 9.47 Å². The first-order chi connectivity index (χ1) is 8.92. The van der Waals surface area contributed by atoms with Gasteiger partial charge in [0.25, 0.3) is 0 Å². The quantitative estimate of drug-likeness (QED) is 0.917. The van der Waals surface area contributed by atoms with Crippen molar-refractivity contribution in [2.24, 2.45) is 0 Å². The molecule has 2 aromatic rings. The van der Waals surface area contributed by atoms with Crippen LogP contribution in [0.3, 0.4) is 0 Å².